The van der Waals surface area contributed by atoms with Gasteiger partial charge in [-0.3, -0.25) is 14.4 Å². The summed E-state index contributed by atoms with van der Waals surface area (Å²) >= 11 is 0. The van der Waals surface area contributed by atoms with Gasteiger partial charge in [-0.05, 0) is 36.4 Å². The number of carbonyl (C=O) groups is 3. The van der Waals surface area contributed by atoms with E-state index in [4.69, 9.17) is 14.2 Å². The molecule has 8 nitrogen and oxygen atoms in total. The maximum Gasteiger partial charge on any atom is 0.308 e. The van der Waals surface area contributed by atoms with E-state index in [0.717, 1.165) is 0 Å². The molecule has 9 heteroatoms. The molecule has 0 saturated heterocycles. The van der Waals surface area contributed by atoms with Crippen molar-refractivity contribution in [2.45, 2.75) is 13.8 Å². The fourth-order valence-electron chi connectivity index (χ4n) is 1.98. The molecule has 0 fully saturated rings. The predicted molar refractivity (Wildman–Crippen MR) is 96.7 cm³/mol. The van der Waals surface area contributed by atoms with Gasteiger partial charge in [0.1, 0.15) is 23.1 Å². The number of carbonyl (C=O) groups excluding carboxylic acids is 3. The Kier molecular flexibility index (Phi) is 7.21. The van der Waals surface area contributed by atoms with E-state index in [2.05, 4.69) is 10.5 Å². The quantitative estimate of drug-likeness (QED) is 0.338. The van der Waals surface area contributed by atoms with Crippen molar-refractivity contribution in [3.05, 3.63) is 53.8 Å². The molecule has 0 aliphatic heterocycles. The van der Waals surface area contributed by atoms with Gasteiger partial charge >= 0.3 is 11.9 Å². The van der Waals surface area contributed by atoms with Gasteiger partial charge in [0, 0.05) is 25.5 Å². The molecule has 0 heterocycles. The normalized spacial score (nSPS) is 10.4. The largest absolute Gasteiger partial charge is 0.484 e. The zero-order valence-electron chi connectivity index (χ0n) is 15.1. The van der Waals surface area contributed by atoms with Gasteiger partial charge in [-0.2, -0.15) is 5.10 Å². The fourth-order valence-corrected chi connectivity index (χ4v) is 1.98. The second-order valence-electron chi connectivity index (χ2n) is 5.42. The number of nitrogens with one attached hydrogen (secondary N) is 1. The fraction of sp³-hybridized carbons (Fsp3) is 0.158. The van der Waals surface area contributed by atoms with Gasteiger partial charge in [0.2, 0.25) is 0 Å². The Morgan fingerprint density at radius 2 is 1.64 bits per heavy atom. The van der Waals surface area contributed by atoms with Crippen molar-refractivity contribution in [2.24, 2.45) is 5.10 Å². The van der Waals surface area contributed by atoms with Crippen LogP contribution < -0.4 is 19.6 Å². The molecule has 0 aromatic heterocycles. The number of halogens is 1. The van der Waals surface area contributed by atoms with E-state index in [0.29, 0.717) is 11.3 Å². The average Bonchev–Trinajstić information content (AvgIpc) is 2.62. The molecule has 0 saturated carbocycles. The molecule has 0 spiro atoms. The van der Waals surface area contributed by atoms with Crippen LogP contribution in [0.5, 0.6) is 17.2 Å². The first kappa shape index (κ1) is 20.6. The smallest absolute Gasteiger partial charge is 0.308 e. The Morgan fingerprint density at radius 3 is 2.29 bits per heavy atom. The van der Waals surface area contributed by atoms with Crippen LogP contribution in [0, 0.1) is 5.82 Å². The molecule has 0 bridgehead atoms. The molecule has 2 aromatic rings. The summed E-state index contributed by atoms with van der Waals surface area (Å²) in [5.74, 6) is -1.44. The maximum atomic E-state index is 12.8. The highest BCUT2D eigenvalue weighted by atomic mass is 19.1. The van der Waals surface area contributed by atoms with Crippen molar-refractivity contribution in [2.75, 3.05) is 6.61 Å². The second-order valence-corrected chi connectivity index (χ2v) is 5.42. The SMILES string of the molecule is CC(=O)Oc1ccc(/C=N/NC(=O)COc2ccc(F)cc2)c(OC(C)=O)c1. The molecule has 2 aromatic carbocycles. The van der Waals surface area contributed by atoms with Crippen molar-refractivity contribution in [1.29, 1.82) is 0 Å². The summed E-state index contributed by atoms with van der Waals surface area (Å²) in [5.41, 5.74) is 2.61. The predicted octanol–water partition coefficient (Wildman–Crippen LogP) is 2.21. The monoisotopic (exact) mass is 388 g/mol. The van der Waals surface area contributed by atoms with Crippen LogP contribution in [0.15, 0.2) is 47.6 Å². The minimum absolute atomic E-state index is 0.104. The molecule has 0 atom stereocenters. The minimum Gasteiger partial charge on any atom is -0.484 e. The third-order valence-corrected chi connectivity index (χ3v) is 3.08. The number of rotatable bonds is 7. The zero-order chi connectivity index (χ0) is 20.5. The molecule has 28 heavy (non-hydrogen) atoms. The lowest BCUT2D eigenvalue weighted by Gasteiger charge is -2.08. The summed E-state index contributed by atoms with van der Waals surface area (Å²) in [6.07, 6.45) is 1.26. The van der Waals surface area contributed by atoms with E-state index in [1.165, 1.54) is 62.5 Å². The number of benzene rings is 2. The molecule has 0 aliphatic carbocycles. The summed E-state index contributed by atoms with van der Waals surface area (Å²) in [6, 6.07) is 9.53. The van der Waals surface area contributed by atoms with Gasteiger partial charge in [-0.1, -0.05) is 0 Å². The molecule has 0 unspecified atom stereocenters. The highest BCUT2D eigenvalue weighted by Gasteiger charge is 2.09. The maximum absolute atomic E-state index is 12.8. The van der Waals surface area contributed by atoms with Crippen molar-refractivity contribution >= 4 is 24.1 Å². The summed E-state index contributed by atoms with van der Waals surface area (Å²) < 4.78 is 28.0. The van der Waals surface area contributed by atoms with Crippen LogP contribution in [0.4, 0.5) is 4.39 Å². The number of hydrogen-bond donors (Lipinski definition) is 1. The van der Waals surface area contributed by atoms with Crippen molar-refractivity contribution in [1.82, 2.24) is 5.43 Å². The van der Waals surface area contributed by atoms with Crippen LogP contribution >= 0.6 is 0 Å². The van der Waals surface area contributed by atoms with E-state index in [-0.39, 0.29) is 18.1 Å². The lowest BCUT2D eigenvalue weighted by atomic mass is 10.2. The number of amides is 1. The van der Waals surface area contributed by atoms with Gasteiger partial charge < -0.3 is 14.2 Å². The Balaban J connectivity index is 1.97. The second kappa shape index (κ2) is 9.81. The Bertz CT molecular complexity index is 896. The Labute approximate surface area is 159 Å². The third-order valence-electron chi connectivity index (χ3n) is 3.08. The highest BCUT2D eigenvalue weighted by Crippen LogP contribution is 2.24. The third kappa shape index (κ3) is 6.87. The molecule has 2 rings (SSSR count). The molecule has 146 valence electrons. The van der Waals surface area contributed by atoms with E-state index < -0.39 is 23.7 Å². The minimum atomic E-state index is -0.577. The lowest BCUT2D eigenvalue weighted by molar-refractivity contribution is -0.132. The van der Waals surface area contributed by atoms with Gasteiger partial charge in [-0.15, -0.1) is 0 Å². The van der Waals surface area contributed by atoms with E-state index >= 15 is 0 Å². The molecular formula is C19H17FN2O6. The average molecular weight is 388 g/mol. The lowest BCUT2D eigenvalue weighted by Crippen LogP contribution is -2.24. The van der Waals surface area contributed by atoms with Gasteiger partial charge in [0.05, 0.1) is 6.21 Å². The van der Waals surface area contributed by atoms with Gasteiger partial charge in [0.15, 0.2) is 6.61 Å². The van der Waals surface area contributed by atoms with Gasteiger partial charge in [0.25, 0.3) is 5.91 Å². The molecular weight excluding hydrogens is 371 g/mol. The number of hydrogen-bond acceptors (Lipinski definition) is 7. The first-order valence-corrected chi connectivity index (χ1v) is 8.04. The molecule has 1 amide bonds. The van der Waals surface area contributed by atoms with Gasteiger partial charge in [-0.25, -0.2) is 9.82 Å². The number of nitrogens with zero attached hydrogens (tertiary/aromatic N) is 1. The first-order chi connectivity index (χ1) is 13.3. The number of hydrazone groups is 1. The molecule has 0 aliphatic rings. The van der Waals surface area contributed by atoms with E-state index in [9.17, 15) is 18.8 Å². The summed E-state index contributed by atoms with van der Waals surface area (Å²) in [6.45, 7) is 2.13. The standard InChI is InChI=1S/C19H17FN2O6/c1-12(23)27-17-6-3-14(18(9-17)28-13(2)24)10-21-22-19(25)11-26-16-7-4-15(20)5-8-16/h3-10H,11H2,1-2H3,(H,22,25)/b21-10+. The molecule has 1 N–H and O–H groups in total. The number of ether oxygens (including phenoxy) is 3. The Morgan fingerprint density at radius 1 is 1.00 bits per heavy atom. The first-order valence-electron chi connectivity index (χ1n) is 8.04. The van der Waals surface area contributed by atoms with Crippen LogP contribution in [-0.4, -0.2) is 30.7 Å². The van der Waals surface area contributed by atoms with Crippen molar-refractivity contribution < 1.29 is 33.0 Å². The Hall–Kier alpha value is -3.75. The van der Waals surface area contributed by atoms with E-state index in [1.54, 1.807) is 0 Å². The molecule has 0 radical (unpaired) electrons. The van der Waals surface area contributed by atoms with Crippen molar-refractivity contribution in [3.8, 4) is 17.2 Å². The highest BCUT2D eigenvalue weighted by molar-refractivity contribution is 5.87. The summed E-state index contributed by atoms with van der Waals surface area (Å²) in [5, 5.41) is 3.76. The van der Waals surface area contributed by atoms with Crippen molar-refractivity contribution in [3.63, 3.8) is 0 Å². The van der Waals surface area contributed by atoms with Crippen LogP contribution in [0.3, 0.4) is 0 Å². The summed E-state index contributed by atoms with van der Waals surface area (Å²) in [7, 11) is 0. The van der Waals surface area contributed by atoms with Crippen LogP contribution in [0.1, 0.15) is 19.4 Å². The summed E-state index contributed by atoms with van der Waals surface area (Å²) in [4.78, 5) is 34.0. The van der Waals surface area contributed by atoms with E-state index in [1.807, 2.05) is 0 Å². The van der Waals surface area contributed by atoms with Crippen LogP contribution in [-0.2, 0) is 14.4 Å². The number of esters is 2. The van der Waals surface area contributed by atoms with Crippen LogP contribution in [0.25, 0.3) is 0 Å². The zero-order valence-corrected chi connectivity index (χ0v) is 15.1. The topological polar surface area (TPSA) is 103 Å². The van der Waals surface area contributed by atoms with Crippen LogP contribution in [0.2, 0.25) is 0 Å².